The van der Waals surface area contributed by atoms with E-state index in [9.17, 15) is 8.42 Å². The molecule has 0 aliphatic carbocycles. The van der Waals surface area contributed by atoms with E-state index in [4.69, 9.17) is 4.74 Å². The molecule has 1 N–H and O–H groups in total. The minimum Gasteiger partial charge on any atom is -0.381 e. The van der Waals surface area contributed by atoms with Gasteiger partial charge in [0.15, 0.2) is 15.8 Å². The Morgan fingerprint density at radius 1 is 1.26 bits per heavy atom. The number of ether oxygens (including phenoxy) is 1. The van der Waals surface area contributed by atoms with Crippen molar-refractivity contribution in [1.29, 1.82) is 0 Å². The molecule has 0 amide bonds. The van der Waals surface area contributed by atoms with Crippen molar-refractivity contribution < 1.29 is 13.2 Å². The Labute approximate surface area is 180 Å². The average Bonchev–Trinajstić information content (AvgIpc) is 2.67. The molecule has 27 heavy (non-hydrogen) atoms. The fourth-order valence-electron chi connectivity index (χ4n) is 3.11. The lowest BCUT2D eigenvalue weighted by molar-refractivity contribution is 0.0625. The zero-order valence-corrected chi connectivity index (χ0v) is 19.4. The van der Waals surface area contributed by atoms with Gasteiger partial charge in [-0.1, -0.05) is 18.2 Å². The number of aliphatic imine (C=N–C) groups is 1. The van der Waals surface area contributed by atoms with Crippen molar-refractivity contribution >= 4 is 39.8 Å². The molecule has 0 aromatic heterocycles. The van der Waals surface area contributed by atoms with Crippen LogP contribution in [-0.4, -0.2) is 65.4 Å². The monoisotopic (exact) mass is 509 g/mol. The molecule has 0 saturated carbocycles. The lowest BCUT2D eigenvalue weighted by Gasteiger charge is -2.26. The van der Waals surface area contributed by atoms with Gasteiger partial charge < -0.3 is 15.0 Å². The highest BCUT2D eigenvalue weighted by molar-refractivity contribution is 14.0. The van der Waals surface area contributed by atoms with Gasteiger partial charge in [-0.2, -0.15) is 0 Å². The number of hydrogen-bond donors (Lipinski definition) is 1. The predicted octanol–water partition coefficient (Wildman–Crippen LogP) is 2.79. The highest BCUT2D eigenvalue weighted by Gasteiger charge is 2.16. The van der Waals surface area contributed by atoms with E-state index in [0.29, 0.717) is 17.9 Å². The molecule has 1 aliphatic rings. The van der Waals surface area contributed by atoms with Crippen LogP contribution in [0.3, 0.4) is 0 Å². The van der Waals surface area contributed by atoms with Crippen LogP contribution in [0.25, 0.3) is 0 Å². The fraction of sp³-hybridized carbons (Fsp3) is 0.632. The molecule has 6 nitrogen and oxygen atoms in total. The Balaban J connectivity index is 0.00000364. The van der Waals surface area contributed by atoms with Gasteiger partial charge in [-0.15, -0.1) is 24.0 Å². The van der Waals surface area contributed by atoms with Crippen LogP contribution in [0, 0.1) is 5.92 Å². The minimum absolute atomic E-state index is 0. The third-order valence-corrected chi connectivity index (χ3v) is 6.58. The zero-order chi connectivity index (χ0) is 18.8. The highest BCUT2D eigenvalue weighted by Crippen LogP contribution is 2.18. The number of guanidine groups is 1. The number of hydrogen-bond acceptors (Lipinski definition) is 4. The van der Waals surface area contributed by atoms with Crippen molar-refractivity contribution in [1.82, 2.24) is 10.2 Å². The predicted molar refractivity (Wildman–Crippen MR) is 121 cm³/mol. The van der Waals surface area contributed by atoms with Crippen LogP contribution in [0.1, 0.15) is 25.7 Å². The van der Waals surface area contributed by atoms with E-state index in [0.717, 1.165) is 50.9 Å². The molecular weight excluding hydrogens is 477 g/mol. The second-order valence-electron chi connectivity index (χ2n) is 6.73. The largest absolute Gasteiger partial charge is 0.381 e. The topological polar surface area (TPSA) is 71.0 Å². The Morgan fingerprint density at radius 3 is 2.56 bits per heavy atom. The van der Waals surface area contributed by atoms with E-state index >= 15 is 0 Å². The first-order chi connectivity index (χ1) is 12.5. The first-order valence-electron chi connectivity index (χ1n) is 9.30. The smallest absolute Gasteiger partial charge is 0.193 e. The number of nitrogens with zero attached hydrogens (tertiary/aromatic N) is 2. The maximum absolute atomic E-state index is 12.3. The van der Waals surface area contributed by atoms with Crippen LogP contribution in [0.15, 0.2) is 40.2 Å². The Morgan fingerprint density at radius 2 is 1.93 bits per heavy atom. The van der Waals surface area contributed by atoms with Crippen LogP contribution in [0.5, 0.6) is 0 Å². The van der Waals surface area contributed by atoms with Crippen LogP contribution in [-0.2, 0) is 14.6 Å². The molecule has 0 radical (unpaired) electrons. The molecule has 1 aromatic carbocycles. The molecular formula is C19H32IN3O3S. The van der Waals surface area contributed by atoms with E-state index in [-0.39, 0.29) is 29.7 Å². The molecule has 0 unspecified atom stereocenters. The maximum Gasteiger partial charge on any atom is 0.193 e. The molecule has 0 atom stereocenters. The average molecular weight is 509 g/mol. The van der Waals surface area contributed by atoms with Gasteiger partial charge in [-0.25, -0.2) is 8.42 Å². The van der Waals surface area contributed by atoms with E-state index in [1.54, 1.807) is 31.3 Å². The van der Waals surface area contributed by atoms with Gasteiger partial charge in [0.2, 0.25) is 0 Å². The summed E-state index contributed by atoms with van der Waals surface area (Å²) in [5, 5.41) is 3.27. The van der Waals surface area contributed by atoms with Gasteiger partial charge in [0.25, 0.3) is 0 Å². The summed E-state index contributed by atoms with van der Waals surface area (Å²) in [5.41, 5.74) is 0. The third kappa shape index (κ3) is 8.35. The molecule has 0 bridgehead atoms. The van der Waals surface area contributed by atoms with Crippen LogP contribution in [0.4, 0.5) is 0 Å². The standard InChI is InChI=1S/C19H31N3O3S.HI/c1-20-19(22(2)13-9-17-10-14-25-15-11-17)21-12-6-16-26(23,24)18-7-4-3-5-8-18;/h3-5,7-8,17H,6,9-16H2,1-2H3,(H,20,21);1H. The first kappa shape index (κ1) is 24.2. The Hall–Kier alpha value is -0.870. The normalized spacial score (nSPS) is 15.9. The molecule has 1 saturated heterocycles. The SMILES string of the molecule is CN=C(NCCCS(=O)(=O)c1ccccc1)N(C)CCC1CCOCC1.I. The first-order valence-corrected chi connectivity index (χ1v) is 11.0. The zero-order valence-electron chi connectivity index (χ0n) is 16.3. The molecule has 1 fully saturated rings. The van der Waals surface area contributed by atoms with Crippen molar-refractivity contribution in [2.24, 2.45) is 10.9 Å². The van der Waals surface area contributed by atoms with Crippen LogP contribution >= 0.6 is 24.0 Å². The van der Waals surface area contributed by atoms with Gasteiger partial charge >= 0.3 is 0 Å². The van der Waals surface area contributed by atoms with Crippen molar-refractivity contribution in [3.63, 3.8) is 0 Å². The van der Waals surface area contributed by atoms with Gasteiger partial charge in [-0.05, 0) is 43.7 Å². The summed E-state index contributed by atoms with van der Waals surface area (Å²) in [6.45, 7) is 3.27. The van der Waals surface area contributed by atoms with Crippen molar-refractivity contribution in [2.45, 2.75) is 30.6 Å². The van der Waals surface area contributed by atoms with Crippen LogP contribution < -0.4 is 5.32 Å². The number of nitrogens with one attached hydrogen (secondary N) is 1. The van der Waals surface area contributed by atoms with E-state index < -0.39 is 9.84 Å². The van der Waals surface area contributed by atoms with Gasteiger partial charge in [0, 0.05) is 40.4 Å². The lowest BCUT2D eigenvalue weighted by Crippen LogP contribution is -2.40. The summed E-state index contributed by atoms with van der Waals surface area (Å²) in [6, 6.07) is 8.61. The number of halogens is 1. The van der Waals surface area contributed by atoms with E-state index in [2.05, 4.69) is 15.2 Å². The number of benzene rings is 1. The quantitative estimate of drug-likeness (QED) is 0.253. The van der Waals surface area contributed by atoms with Crippen LogP contribution in [0.2, 0.25) is 0 Å². The van der Waals surface area contributed by atoms with Gasteiger partial charge in [-0.3, -0.25) is 4.99 Å². The highest BCUT2D eigenvalue weighted by atomic mass is 127. The Kier molecular flexibility index (Phi) is 11.2. The second kappa shape index (κ2) is 12.6. The lowest BCUT2D eigenvalue weighted by atomic mass is 9.96. The molecule has 8 heteroatoms. The number of sulfone groups is 1. The summed E-state index contributed by atoms with van der Waals surface area (Å²) in [5.74, 6) is 1.67. The Bertz CT molecular complexity index is 662. The molecule has 154 valence electrons. The van der Waals surface area contributed by atoms with Crippen molar-refractivity contribution in [3.8, 4) is 0 Å². The van der Waals surface area contributed by atoms with Crippen molar-refractivity contribution in [2.75, 3.05) is 46.2 Å². The molecule has 1 aliphatic heterocycles. The molecule has 0 spiro atoms. The van der Waals surface area contributed by atoms with E-state index in [1.165, 1.54) is 0 Å². The summed E-state index contributed by atoms with van der Waals surface area (Å²) in [6.07, 6.45) is 3.95. The second-order valence-corrected chi connectivity index (χ2v) is 8.83. The maximum atomic E-state index is 12.3. The summed E-state index contributed by atoms with van der Waals surface area (Å²) >= 11 is 0. The fourth-order valence-corrected chi connectivity index (χ4v) is 4.44. The third-order valence-electron chi connectivity index (χ3n) is 4.76. The van der Waals surface area contributed by atoms with Gasteiger partial charge in [0.05, 0.1) is 10.6 Å². The minimum atomic E-state index is -3.22. The molecule has 1 aromatic rings. The van der Waals surface area contributed by atoms with E-state index in [1.807, 2.05) is 13.1 Å². The van der Waals surface area contributed by atoms with Gasteiger partial charge in [0.1, 0.15) is 0 Å². The molecule has 2 rings (SSSR count). The number of rotatable bonds is 8. The summed E-state index contributed by atoms with van der Waals surface area (Å²) < 4.78 is 30.0. The molecule has 1 heterocycles. The van der Waals surface area contributed by atoms with Crippen molar-refractivity contribution in [3.05, 3.63) is 30.3 Å². The summed E-state index contributed by atoms with van der Waals surface area (Å²) in [4.78, 5) is 6.80. The summed E-state index contributed by atoms with van der Waals surface area (Å²) in [7, 11) is 0.566.